The van der Waals surface area contributed by atoms with E-state index < -0.39 is 10.0 Å². The van der Waals surface area contributed by atoms with Crippen molar-refractivity contribution in [1.29, 1.82) is 5.26 Å². The van der Waals surface area contributed by atoms with Gasteiger partial charge >= 0.3 is 0 Å². The van der Waals surface area contributed by atoms with Crippen molar-refractivity contribution in [3.63, 3.8) is 0 Å². The van der Waals surface area contributed by atoms with Crippen LogP contribution in [0.5, 0.6) is 5.75 Å². The van der Waals surface area contributed by atoms with Crippen molar-refractivity contribution in [3.8, 4) is 11.8 Å². The highest BCUT2D eigenvalue weighted by atomic mass is 32.2. The third-order valence-corrected chi connectivity index (χ3v) is 5.49. The second-order valence-electron chi connectivity index (χ2n) is 5.65. The van der Waals surface area contributed by atoms with E-state index in [0.717, 1.165) is 30.8 Å². The van der Waals surface area contributed by atoms with Crippen LogP contribution in [-0.4, -0.2) is 21.6 Å². The zero-order chi connectivity index (χ0) is 17.0. The molecule has 0 atom stereocenters. The summed E-state index contributed by atoms with van der Waals surface area (Å²) in [5.41, 5.74) is 2.39. The highest BCUT2D eigenvalue weighted by molar-refractivity contribution is 7.89. The molecule has 0 spiro atoms. The second kappa shape index (κ2) is 7.04. The van der Waals surface area contributed by atoms with E-state index in [2.05, 4.69) is 10.8 Å². The molecule has 124 valence electrons. The summed E-state index contributed by atoms with van der Waals surface area (Å²) in [7, 11) is -3.69. The van der Waals surface area contributed by atoms with Crippen LogP contribution in [-0.2, 0) is 22.9 Å². The largest absolute Gasteiger partial charge is 0.493 e. The average molecular weight is 342 g/mol. The molecule has 6 heteroatoms. The molecule has 1 heterocycles. The van der Waals surface area contributed by atoms with Crippen molar-refractivity contribution in [2.75, 3.05) is 13.2 Å². The number of aryl methyl sites for hydroxylation is 1. The summed E-state index contributed by atoms with van der Waals surface area (Å²) in [5.74, 6) is 0.925. The van der Waals surface area contributed by atoms with E-state index in [0.29, 0.717) is 6.42 Å². The van der Waals surface area contributed by atoms with Gasteiger partial charge in [-0.2, -0.15) is 5.26 Å². The Bertz CT molecular complexity index is 885. The third-order valence-electron chi connectivity index (χ3n) is 3.98. The van der Waals surface area contributed by atoms with Crippen LogP contribution >= 0.6 is 0 Å². The summed E-state index contributed by atoms with van der Waals surface area (Å²) in [6.07, 6.45) is 2.58. The number of benzene rings is 2. The minimum atomic E-state index is -3.69. The smallest absolute Gasteiger partial charge is 0.241 e. The zero-order valence-electron chi connectivity index (χ0n) is 13.2. The van der Waals surface area contributed by atoms with E-state index in [1.54, 1.807) is 12.1 Å². The van der Waals surface area contributed by atoms with Crippen molar-refractivity contribution in [2.45, 2.75) is 24.2 Å². The Kier molecular flexibility index (Phi) is 4.84. The van der Waals surface area contributed by atoms with E-state index in [1.165, 1.54) is 17.7 Å². The number of hydrogen-bond acceptors (Lipinski definition) is 4. The van der Waals surface area contributed by atoms with Crippen LogP contribution in [0.1, 0.15) is 23.1 Å². The fourth-order valence-corrected chi connectivity index (χ4v) is 3.96. The molecule has 1 aliphatic rings. The van der Waals surface area contributed by atoms with Gasteiger partial charge in [-0.15, -0.1) is 0 Å². The molecule has 0 unspecified atom stereocenters. The van der Waals surface area contributed by atoms with Crippen LogP contribution < -0.4 is 9.46 Å². The molecule has 0 aromatic heterocycles. The fraction of sp³-hybridized carbons (Fsp3) is 0.278. The molecule has 0 amide bonds. The van der Waals surface area contributed by atoms with Crippen LogP contribution in [0.2, 0.25) is 0 Å². The normalized spacial score (nSPS) is 13.6. The first-order chi connectivity index (χ1) is 11.6. The number of sulfonamides is 1. The summed E-state index contributed by atoms with van der Waals surface area (Å²) >= 11 is 0. The van der Waals surface area contributed by atoms with Gasteiger partial charge in [-0.25, -0.2) is 13.1 Å². The van der Waals surface area contributed by atoms with Gasteiger partial charge < -0.3 is 4.74 Å². The van der Waals surface area contributed by atoms with Crippen LogP contribution in [0, 0.1) is 11.3 Å². The lowest BCUT2D eigenvalue weighted by Gasteiger charge is -2.18. The van der Waals surface area contributed by atoms with E-state index in [9.17, 15) is 8.42 Å². The first kappa shape index (κ1) is 16.5. The Labute approximate surface area is 141 Å². The third kappa shape index (κ3) is 3.58. The predicted molar refractivity (Wildman–Crippen MR) is 90.3 cm³/mol. The molecule has 0 bridgehead atoms. The first-order valence-corrected chi connectivity index (χ1v) is 9.32. The van der Waals surface area contributed by atoms with E-state index in [4.69, 9.17) is 10.00 Å². The Morgan fingerprint density at radius 1 is 1.21 bits per heavy atom. The summed E-state index contributed by atoms with van der Waals surface area (Å²) < 4.78 is 32.9. The molecule has 24 heavy (non-hydrogen) atoms. The molecule has 0 radical (unpaired) electrons. The van der Waals surface area contributed by atoms with Crippen molar-refractivity contribution in [1.82, 2.24) is 4.72 Å². The molecule has 0 fully saturated rings. The van der Waals surface area contributed by atoms with E-state index in [-0.39, 0.29) is 17.0 Å². The Balaban J connectivity index is 1.67. The Hall–Kier alpha value is -2.36. The molecule has 0 aliphatic carbocycles. The summed E-state index contributed by atoms with van der Waals surface area (Å²) in [6.45, 7) is 1.03. The number of ether oxygens (including phenoxy) is 1. The number of nitriles is 1. The highest BCUT2D eigenvalue weighted by Crippen LogP contribution is 2.25. The molecule has 2 aromatic carbocycles. The van der Waals surface area contributed by atoms with E-state index in [1.807, 2.05) is 18.2 Å². The van der Waals surface area contributed by atoms with Gasteiger partial charge in [-0.3, -0.25) is 0 Å². The molecule has 3 rings (SSSR count). The van der Waals surface area contributed by atoms with Gasteiger partial charge in [0.1, 0.15) is 11.8 Å². The Morgan fingerprint density at radius 2 is 2.04 bits per heavy atom. The van der Waals surface area contributed by atoms with Crippen LogP contribution in [0.3, 0.4) is 0 Å². The Morgan fingerprint density at radius 3 is 2.88 bits per heavy atom. The minimum Gasteiger partial charge on any atom is -0.493 e. The monoisotopic (exact) mass is 342 g/mol. The molecule has 0 saturated carbocycles. The molecule has 2 aromatic rings. The average Bonchev–Trinajstić information content (AvgIpc) is 2.61. The number of rotatable bonds is 5. The van der Waals surface area contributed by atoms with Gasteiger partial charge in [0.2, 0.25) is 10.0 Å². The maximum atomic E-state index is 12.4. The topological polar surface area (TPSA) is 79.2 Å². The molecule has 5 nitrogen and oxygen atoms in total. The lowest BCUT2D eigenvalue weighted by molar-refractivity contribution is 0.288. The summed E-state index contributed by atoms with van der Waals surface area (Å²) in [5, 5.41) is 9.04. The van der Waals surface area contributed by atoms with Gasteiger partial charge in [0.15, 0.2) is 0 Å². The van der Waals surface area contributed by atoms with Gasteiger partial charge in [-0.1, -0.05) is 24.3 Å². The molecule has 1 N–H and O–H groups in total. The van der Waals surface area contributed by atoms with Crippen LogP contribution in [0.15, 0.2) is 47.4 Å². The van der Waals surface area contributed by atoms with Gasteiger partial charge in [-0.05, 0) is 48.6 Å². The quantitative estimate of drug-likeness (QED) is 0.905. The summed E-state index contributed by atoms with van der Waals surface area (Å²) in [6, 6.07) is 14.1. The van der Waals surface area contributed by atoms with Crippen molar-refractivity contribution < 1.29 is 13.2 Å². The number of nitrogens with one attached hydrogen (secondary N) is 1. The van der Waals surface area contributed by atoms with Crippen LogP contribution in [0.25, 0.3) is 0 Å². The molecule has 0 saturated heterocycles. The zero-order valence-corrected chi connectivity index (χ0v) is 14.0. The SMILES string of the molecule is N#Cc1ccccc1S(=O)(=O)NCCc1ccc2c(c1)CCCO2. The highest BCUT2D eigenvalue weighted by Gasteiger charge is 2.17. The number of nitrogens with zero attached hydrogens (tertiary/aromatic N) is 1. The lowest BCUT2D eigenvalue weighted by Crippen LogP contribution is -2.26. The van der Waals surface area contributed by atoms with Crippen molar-refractivity contribution in [3.05, 3.63) is 59.2 Å². The molecule has 1 aliphatic heterocycles. The lowest BCUT2D eigenvalue weighted by atomic mass is 10.0. The van der Waals surface area contributed by atoms with Crippen molar-refractivity contribution in [2.24, 2.45) is 0 Å². The van der Waals surface area contributed by atoms with Crippen molar-refractivity contribution >= 4 is 10.0 Å². The molecular formula is C18H18N2O3S. The van der Waals surface area contributed by atoms with Crippen LogP contribution in [0.4, 0.5) is 0 Å². The van der Waals surface area contributed by atoms with Gasteiger partial charge in [0, 0.05) is 6.54 Å². The number of hydrogen-bond donors (Lipinski definition) is 1. The number of fused-ring (bicyclic) bond motifs is 1. The van der Waals surface area contributed by atoms with E-state index >= 15 is 0 Å². The first-order valence-electron chi connectivity index (χ1n) is 7.83. The minimum absolute atomic E-state index is 0.0198. The standard InChI is InChI=1S/C18H18N2O3S/c19-13-16-4-1-2-6-18(16)24(21,22)20-10-9-14-7-8-17-15(12-14)5-3-11-23-17/h1-2,4,6-8,12,20H,3,5,9-11H2. The second-order valence-corrected chi connectivity index (χ2v) is 7.39. The predicted octanol–water partition coefficient (Wildman–Crippen LogP) is 2.40. The summed E-state index contributed by atoms with van der Waals surface area (Å²) in [4.78, 5) is 0.0198. The van der Waals surface area contributed by atoms with Gasteiger partial charge in [0.25, 0.3) is 0 Å². The fourth-order valence-electron chi connectivity index (χ4n) is 2.77. The maximum Gasteiger partial charge on any atom is 0.241 e. The maximum absolute atomic E-state index is 12.4. The van der Waals surface area contributed by atoms with Gasteiger partial charge in [0.05, 0.1) is 17.1 Å². The molecular weight excluding hydrogens is 324 g/mol.